The van der Waals surface area contributed by atoms with E-state index in [0.29, 0.717) is 11.3 Å². The molecular weight excluding hydrogens is 296 g/mol. The normalized spacial score (nSPS) is 10.1. The van der Waals surface area contributed by atoms with Gasteiger partial charge in [0.05, 0.1) is 15.5 Å². The van der Waals surface area contributed by atoms with Gasteiger partial charge in [0.25, 0.3) is 5.69 Å². The number of nitrogens with zero attached hydrogens (tertiary/aromatic N) is 1. The van der Waals surface area contributed by atoms with Crippen LogP contribution < -0.4 is 5.32 Å². The minimum absolute atomic E-state index is 0.0115. The molecule has 2 aromatic carbocycles. The zero-order valence-corrected chi connectivity index (χ0v) is 11.5. The highest BCUT2D eigenvalue weighted by atomic mass is 35.5. The van der Waals surface area contributed by atoms with E-state index in [0.717, 1.165) is 0 Å². The van der Waals surface area contributed by atoms with Crippen molar-refractivity contribution in [3.8, 4) is 0 Å². The molecule has 0 saturated carbocycles. The maximum absolute atomic E-state index is 11.0. The number of carbonyl (C=O) groups is 1. The Bertz CT molecular complexity index is 703. The maximum Gasteiger partial charge on any atom is 0.337 e. The maximum atomic E-state index is 11.0. The second-order valence-corrected chi connectivity index (χ2v) is 4.65. The van der Waals surface area contributed by atoms with Crippen LogP contribution >= 0.6 is 11.6 Å². The van der Waals surface area contributed by atoms with Crippen molar-refractivity contribution in [2.24, 2.45) is 0 Å². The van der Waals surface area contributed by atoms with Crippen LogP contribution in [0.3, 0.4) is 0 Å². The van der Waals surface area contributed by atoms with Crippen molar-refractivity contribution in [2.75, 3.05) is 5.32 Å². The largest absolute Gasteiger partial charge is 0.478 e. The second-order valence-electron chi connectivity index (χ2n) is 4.24. The van der Waals surface area contributed by atoms with E-state index in [-0.39, 0.29) is 22.8 Å². The zero-order valence-electron chi connectivity index (χ0n) is 10.7. The first-order valence-corrected chi connectivity index (χ1v) is 6.36. The minimum atomic E-state index is -1.13. The Morgan fingerprint density at radius 3 is 2.67 bits per heavy atom. The summed E-state index contributed by atoms with van der Waals surface area (Å²) in [7, 11) is 0. The van der Waals surface area contributed by atoms with Crippen molar-refractivity contribution >= 4 is 28.9 Å². The van der Waals surface area contributed by atoms with Crippen LogP contribution in [0.4, 0.5) is 11.4 Å². The van der Waals surface area contributed by atoms with Gasteiger partial charge in [-0.1, -0.05) is 29.8 Å². The number of carboxylic acid groups (broad SMARTS) is 1. The van der Waals surface area contributed by atoms with Gasteiger partial charge in [-0.15, -0.1) is 0 Å². The summed E-state index contributed by atoms with van der Waals surface area (Å²) in [6.07, 6.45) is 0. The summed E-state index contributed by atoms with van der Waals surface area (Å²) in [5.74, 6) is -1.13. The lowest BCUT2D eigenvalue weighted by Gasteiger charge is -2.08. The molecule has 0 bridgehead atoms. The molecule has 7 heteroatoms. The number of rotatable bonds is 5. The smallest absolute Gasteiger partial charge is 0.337 e. The summed E-state index contributed by atoms with van der Waals surface area (Å²) >= 11 is 5.78. The molecule has 108 valence electrons. The van der Waals surface area contributed by atoms with Gasteiger partial charge in [0.1, 0.15) is 0 Å². The Labute approximate surface area is 125 Å². The summed E-state index contributed by atoms with van der Waals surface area (Å²) in [5, 5.41) is 23.0. The molecule has 21 heavy (non-hydrogen) atoms. The predicted octanol–water partition coefficient (Wildman–Crippen LogP) is 3.56. The number of nitro benzene ring substituents is 1. The van der Waals surface area contributed by atoms with Gasteiger partial charge in [-0.3, -0.25) is 10.1 Å². The third kappa shape index (κ3) is 3.49. The van der Waals surface area contributed by atoms with Gasteiger partial charge in [0, 0.05) is 23.9 Å². The zero-order chi connectivity index (χ0) is 15.4. The van der Waals surface area contributed by atoms with Crippen LogP contribution in [0.1, 0.15) is 15.9 Å². The SMILES string of the molecule is O=C(O)c1cc(NCc2ccccc2[N+](=O)[O-])ccc1Cl. The molecule has 0 radical (unpaired) electrons. The summed E-state index contributed by atoms with van der Waals surface area (Å²) in [6.45, 7) is 0.206. The molecule has 0 aliphatic rings. The molecule has 0 saturated heterocycles. The fourth-order valence-corrected chi connectivity index (χ4v) is 2.03. The lowest BCUT2D eigenvalue weighted by molar-refractivity contribution is -0.385. The Morgan fingerprint density at radius 2 is 2.00 bits per heavy atom. The van der Waals surface area contributed by atoms with Gasteiger partial charge in [0.15, 0.2) is 0 Å². The highest BCUT2D eigenvalue weighted by Gasteiger charge is 2.13. The first-order chi connectivity index (χ1) is 9.99. The molecule has 0 fully saturated rings. The average molecular weight is 307 g/mol. The van der Waals surface area contributed by atoms with E-state index in [1.807, 2.05) is 0 Å². The number of anilines is 1. The molecular formula is C14H11ClN2O4. The quantitative estimate of drug-likeness (QED) is 0.651. The molecule has 0 aromatic heterocycles. The van der Waals surface area contributed by atoms with Crippen molar-refractivity contribution < 1.29 is 14.8 Å². The van der Waals surface area contributed by atoms with Gasteiger partial charge in [0.2, 0.25) is 0 Å². The summed E-state index contributed by atoms with van der Waals surface area (Å²) in [4.78, 5) is 21.4. The van der Waals surface area contributed by atoms with E-state index in [2.05, 4.69) is 5.32 Å². The first kappa shape index (κ1) is 14.8. The topological polar surface area (TPSA) is 92.5 Å². The molecule has 0 heterocycles. The first-order valence-electron chi connectivity index (χ1n) is 5.98. The third-order valence-electron chi connectivity index (χ3n) is 2.87. The number of benzene rings is 2. The number of hydrogen-bond donors (Lipinski definition) is 2. The van der Waals surface area contributed by atoms with E-state index in [1.54, 1.807) is 24.3 Å². The molecule has 0 unspecified atom stereocenters. The van der Waals surface area contributed by atoms with Gasteiger partial charge >= 0.3 is 5.97 Å². The number of nitro groups is 1. The molecule has 0 amide bonds. The van der Waals surface area contributed by atoms with E-state index < -0.39 is 10.9 Å². The van der Waals surface area contributed by atoms with Crippen LogP contribution in [-0.2, 0) is 6.54 Å². The third-order valence-corrected chi connectivity index (χ3v) is 3.20. The monoisotopic (exact) mass is 306 g/mol. The van der Waals surface area contributed by atoms with Gasteiger partial charge in [-0.05, 0) is 18.2 Å². The molecule has 0 atom stereocenters. The number of halogens is 1. The average Bonchev–Trinajstić information content (AvgIpc) is 2.46. The number of hydrogen-bond acceptors (Lipinski definition) is 4. The summed E-state index contributed by atoms with van der Waals surface area (Å²) in [5.41, 5.74) is 1.02. The van der Waals surface area contributed by atoms with Gasteiger partial charge in [-0.2, -0.15) is 0 Å². The van der Waals surface area contributed by atoms with Crippen LogP contribution in [-0.4, -0.2) is 16.0 Å². The standard InChI is InChI=1S/C14H11ClN2O4/c15-12-6-5-10(7-11(12)14(18)19)16-8-9-3-1-2-4-13(9)17(20)21/h1-7,16H,8H2,(H,18,19). The number of aromatic carboxylic acids is 1. The molecule has 0 aliphatic carbocycles. The highest BCUT2D eigenvalue weighted by Crippen LogP contribution is 2.23. The fraction of sp³-hybridized carbons (Fsp3) is 0.0714. The summed E-state index contributed by atoms with van der Waals surface area (Å²) < 4.78 is 0. The molecule has 6 nitrogen and oxygen atoms in total. The van der Waals surface area contributed by atoms with Crippen molar-refractivity contribution in [2.45, 2.75) is 6.54 Å². The molecule has 0 spiro atoms. The Balaban J connectivity index is 2.19. The Morgan fingerprint density at radius 1 is 1.29 bits per heavy atom. The highest BCUT2D eigenvalue weighted by molar-refractivity contribution is 6.33. The van der Waals surface area contributed by atoms with Crippen LogP contribution in [0.25, 0.3) is 0 Å². The molecule has 2 rings (SSSR count). The van der Waals surface area contributed by atoms with Gasteiger partial charge < -0.3 is 10.4 Å². The van der Waals surface area contributed by atoms with Crippen LogP contribution in [0.2, 0.25) is 5.02 Å². The van der Waals surface area contributed by atoms with Crippen LogP contribution in [0, 0.1) is 10.1 Å². The lowest BCUT2D eigenvalue weighted by atomic mass is 10.1. The van der Waals surface area contributed by atoms with E-state index in [9.17, 15) is 14.9 Å². The van der Waals surface area contributed by atoms with Gasteiger partial charge in [-0.25, -0.2) is 4.79 Å². The lowest BCUT2D eigenvalue weighted by Crippen LogP contribution is -2.04. The van der Waals surface area contributed by atoms with E-state index in [1.165, 1.54) is 18.2 Å². The van der Waals surface area contributed by atoms with Crippen LogP contribution in [0.5, 0.6) is 0 Å². The van der Waals surface area contributed by atoms with Crippen molar-refractivity contribution in [1.29, 1.82) is 0 Å². The Kier molecular flexibility index (Phi) is 4.39. The number of nitrogens with one attached hydrogen (secondary N) is 1. The minimum Gasteiger partial charge on any atom is -0.478 e. The van der Waals surface area contributed by atoms with E-state index >= 15 is 0 Å². The Hall–Kier alpha value is -2.60. The molecule has 2 N–H and O–H groups in total. The predicted molar refractivity (Wildman–Crippen MR) is 78.8 cm³/mol. The van der Waals surface area contributed by atoms with Crippen molar-refractivity contribution in [3.05, 3.63) is 68.7 Å². The van der Waals surface area contributed by atoms with E-state index in [4.69, 9.17) is 16.7 Å². The number of para-hydroxylation sites is 1. The van der Waals surface area contributed by atoms with Crippen molar-refractivity contribution in [3.63, 3.8) is 0 Å². The second kappa shape index (κ2) is 6.23. The van der Waals surface area contributed by atoms with Crippen LogP contribution in [0.15, 0.2) is 42.5 Å². The molecule has 2 aromatic rings. The summed E-state index contributed by atoms with van der Waals surface area (Å²) in [6, 6.07) is 10.8. The fourth-order valence-electron chi connectivity index (χ4n) is 1.83. The molecule has 0 aliphatic heterocycles. The van der Waals surface area contributed by atoms with Crippen molar-refractivity contribution in [1.82, 2.24) is 0 Å². The number of carboxylic acids is 1.